The number of hydrogen-bond acceptors (Lipinski definition) is 9. The van der Waals surface area contributed by atoms with Gasteiger partial charge in [-0.3, -0.25) is 19.8 Å². The number of benzene rings is 1. The van der Waals surface area contributed by atoms with Crippen molar-refractivity contribution in [2.24, 2.45) is 5.92 Å². The number of amides is 1. The van der Waals surface area contributed by atoms with Gasteiger partial charge in [0, 0.05) is 42.5 Å². The summed E-state index contributed by atoms with van der Waals surface area (Å²) in [6.07, 6.45) is 13.4. The fourth-order valence-electron chi connectivity index (χ4n) is 9.78. The lowest BCUT2D eigenvalue weighted by Gasteiger charge is -2.59. The number of nitrogens with zero attached hydrogens (tertiary/aromatic N) is 5. The molecule has 2 aliphatic carbocycles. The van der Waals surface area contributed by atoms with Gasteiger partial charge in [0.05, 0.1) is 42.1 Å². The maximum absolute atomic E-state index is 15.0. The zero-order valence-electron chi connectivity index (χ0n) is 28.9. The summed E-state index contributed by atoms with van der Waals surface area (Å²) in [6, 6.07) is 9.20. The molecule has 0 bridgehead atoms. The van der Waals surface area contributed by atoms with Crippen molar-refractivity contribution in [2.45, 2.75) is 130 Å². The minimum absolute atomic E-state index is 0.00911. The van der Waals surface area contributed by atoms with E-state index in [1.165, 1.54) is 54.2 Å². The van der Waals surface area contributed by atoms with Crippen LogP contribution in [0.2, 0.25) is 0 Å². The van der Waals surface area contributed by atoms with Gasteiger partial charge in [0.1, 0.15) is 0 Å². The topological polar surface area (TPSA) is 92.2 Å². The summed E-state index contributed by atoms with van der Waals surface area (Å²) in [6.45, 7) is 9.48. The van der Waals surface area contributed by atoms with Gasteiger partial charge in [0.2, 0.25) is 5.91 Å². The van der Waals surface area contributed by atoms with Crippen molar-refractivity contribution in [1.29, 1.82) is 5.26 Å². The highest BCUT2D eigenvalue weighted by atomic mass is 32.2. The number of fused-ring (bicyclic) bond motifs is 2. The van der Waals surface area contributed by atoms with E-state index < -0.39 is 4.75 Å². The standard InChI is InChI=1S/C38H54N6O3S/c1-4-33(45)43-21-20-42(24-29(43)16-18-39)36-31-15-17-38(23-27-14-13-26(2)22-32(27)48-38)35(46)34(31)40-37(47-25-30-12-9-19-41(30)3)44(36)28-10-7-5-6-8-11-28/h4,13-14,22,28-31,34,36-37,40H,1,5-12,15-17,19-21,23-25H2,2-3H3/t29?,30?,31?,34?,36?,37?,38-/m0/s1. The van der Waals surface area contributed by atoms with Gasteiger partial charge in [-0.1, -0.05) is 50.0 Å². The number of thioether (sulfide) groups is 1. The van der Waals surface area contributed by atoms with Crippen molar-refractivity contribution < 1.29 is 14.3 Å². The van der Waals surface area contributed by atoms with Gasteiger partial charge in [-0.15, -0.1) is 11.8 Å². The summed E-state index contributed by atoms with van der Waals surface area (Å²) in [5.41, 5.74) is 2.53. The third kappa shape index (κ3) is 6.52. The smallest absolute Gasteiger partial charge is 0.246 e. The van der Waals surface area contributed by atoms with E-state index in [0.29, 0.717) is 44.1 Å². The number of nitriles is 1. The second kappa shape index (κ2) is 14.5. The molecule has 1 amide bonds. The maximum atomic E-state index is 15.0. The average molecular weight is 675 g/mol. The zero-order chi connectivity index (χ0) is 33.4. The summed E-state index contributed by atoms with van der Waals surface area (Å²) in [4.78, 5) is 38.6. The highest BCUT2D eigenvalue weighted by Crippen LogP contribution is 2.54. The van der Waals surface area contributed by atoms with Crippen LogP contribution in [0.25, 0.3) is 0 Å². The number of rotatable bonds is 7. The molecule has 10 heteroatoms. The second-order valence-electron chi connectivity index (χ2n) is 15.3. The fraction of sp³-hybridized carbons (Fsp3) is 0.711. The van der Waals surface area contributed by atoms with Crippen LogP contribution in [0.5, 0.6) is 0 Å². The Labute approximate surface area is 291 Å². The van der Waals surface area contributed by atoms with Gasteiger partial charge in [-0.2, -0.15) is 5.26 Å². The predicted octanol–water partition coefficient (Wildman–Crippen LogP) is 4.69. The lowest BCUT2D eigenvalue weighted by Crippen LogP contribution is -2.77. The van der Waals surface area contributed by atoms with Crippen molar-refractivity contribution in [1.82, 2.24) is 24.9 Å². The van der Waals surface area contributed by atoms with Crippen LogP contribution in [0.3, 0.4) is 0 Å². The SMILES string of the molecule is C=CC(=O)N1CCN(C2C3CC[C@]4(Cc5ccc(C)cc5S4)C(=O)C3NC(OCC3CCCN3C)N2C2CCCCCC2)CC1CC#N. The van der Waals surface area contributed by atoms with Gasteiger partial charge in [-0.05, 0) is 83.2 Å². The quantitative estimate of drug-likeness (QED) is 0.327. The Morgan fingerprint density at radius 3 is 2.67 bits per heavy atom. The molecule has 1 aromatic carbocycles. The van der Waals surface area contributed by atoms with Crippen LogP contribution in [-0.2, 0) is 20.7 Å². The molecule has 6 unspecified atom stereocenters. The predicted molar refractivity (Wildman–Crippen MR) is 188 cm³/mol. The Kier molecular flexibility index (Phi) is 10.4. The molecule has 7 atom stereocenters. The molecule has 3 saturated heterocycles. The van der Waals surface area contributed by atoms with E-state index in [0.717, 1.165) is 45.1 Å². The lowest BCUT2D eigenvalue weighted by molar-refractivity contribution is -0.213. The fourth-order valence-corrected chi connectivity index (χ4v) is 11.4. The number of Topliss-reactive ketones (excluding diaryl/α,β-unsaturated/α-hetero) is 1. The van der Waals surface area contributed by atoms with Crippen LogP contribution in [0, 0.1) is 24.2 Å². The summed E-state index contributed by atoms with van der Waals surface area (Å²) in [5.74, 6) is 0.308. The number of likely N-dealkylation sites (N-methyl/N-ethyl adjacent to an activating group) is 1. The van der Waals surface area contributed by atoms with Crippen molar-refractivity contribution in [3.05, 3.63) is 42.0 Å². The highest BCUT2D eigenvalue weighted by molar-refractivity contribution is 8.01. The minimum Gasteiger partial charge on any atom is -0.348 e. The van der Waals surface area contributed by atoms with E-state index in [1.54, 1.807) is 11.8 Å². The van der Waals surface area contributed by atoms with Crippen molar-refractivity contribution in [3.63, 3.8) is 0 Å². The minimum atomic E-state index is -0.450. The van der Waals surface area contributed by atoms with Crippen LogP contribution in [0.4, 0.5) is 0 Å². The first kappa shape index (κ1) is 34.2. The second-order valence-corrected chi connectivity index (χ2v) is 16.7. The van der Waals surface area contributed by atoms with Crippen molar-refractivity contribution >= 4 is 23.5 Å². The molecule has 9 nitrogen and oxygen atoms in total. The molecule has 6 aliphatic rings. The number of carbonyl (C=O) groups is 2. The van der Waals surface area contributed by atoms with E-state index in [4.69, 9.17) is 4.74 Å². The molecule has 4 aliphatic heterocycles. The molecule has 7 rings (SSSR count). The van der Waals surface area contributed by atoms with Gasteiger partial charge < -0.3 is 14.5 Å². The number of ether oxygens (including phenoxy) is 1. The molecule has 1 aromatic rings. The van der Waals surface area contributed by atoms with E-state index in [2.05, 4.69) is 64.8 Å². The van der Waals surface area contributed by atoms with Gasteiger partial charge in [-0.25, -0.2) is 4.90 Å². The van der Waals surface area contributed by atoms with Crippen molar-refractivity contribution in [2.75, 3.05) is 39.8 Å². The summed E-state index contributed by atoms with van der Waals surface area (Å²) in [5, 5.41) is 13.7. The van der Waals surface area contributed by atoms with Crippen LogP contribution >= 0.6 is 11.8 Å². The largest absolute Gasteiger partial charge is 0.348 e. The van der Waals surface area contributed by atoms with Crippen LogP contribution in [0.1, 0.15) is 81.8 Å². The number of hydrogen-bond donors (Lipinski definition) is 1. The number of aryl methyl sites for hydroxylation is 1. The van der Waals surface area contributed by atoms with E-state index >= 15 is 4.79 Å². The lowest BCUT2D eigenvalue weighted by atomic mass is 9.71. The zero-order valence-corrected chi connectivity index (χ0v) is 29.8. The summed E-state index contributed by atoms with van der Waals surface area (Å²) in [7, 11) is 2.20. The maximum Gasteiger partial charge on any atom is 0.246 e. The van der Waals surface area contributed by atoms with Crippen LogP contribution < -0.4 is 5.32 Å². The molecule has 48 heavy (non-hydrogen) atoms. The van der Waals surface area contributed by atoms with E-state index in [1.807, 2.05) is 4.90 Å². The Bertz CT molecular complexity index is 1410. The molecule has 260 valence electrons. The molecule has 0 radical (unpaired) electrons. The average Bonchev–Trinajstić information content (AvgIpc) is 3.56. The van der Waals surface area contributed by atoms with Crippen LogP contribution in [-0.4, -0.2) is 113 Å². The Morgan fingerprint density at radius 2 is 1.94 bits per heavy atom. The molecule has 1 N–H and O–H groups in total. The number of likely N-dealkylation sites (tertiary alicyclic amines) is 1. The monoisotopic (exact) mass is 674 g/mol. The van der Waals surface area contributed by atoms with Crippen LogP contribution in [0.15, 0.2) is 35.7 Å². The molecule has 5 fully saturated rings. The Hall–Kier alpha value is -2.26. The summed E-state index contributed by atoms with van der Waals surface area (Å²) < 4.78 is 6.55. The Morgan fingerprint density at radius 1 is 1.12 bits per heavy atom. The first-order chi connectivity index (χ1) is 23.3. The van der Waals surface area contributed by atoms with E-state index in [-0.39, 0.29) is 42.8 Å². The normalized spacial score (nSPS) is 35.3. The molecular weight excluding hydrogens is 621 g/mol. The molecule has 4 heterocycles. The summed E-state index contributed by atoms with van der Waals surface area (Å²) >= 11 is 1.80. The van der Waals surface area contributed by atoms with Crippen molar-refractivity contribution in [3.8, 4) is 6.07 Å². The number of nitrogens with one attached hydrogen (secondary N) is 1. The first-order valence-corrected chi connectivity index (χ1v) is 19.4. The van der Waals surface area contributed by atoms with Gasteiger partial charge in [0.25, 0.3) is 0 Å². The third-order valence-electron chi connectivity index (χ3n) is 12.4. The Balaban J connectivity index is 1.24. The molecule has 2 saturated carbocycles. The molecular formula is C38H54N6O3S. The first-order valence-electron chi connectivity index (χ1n) is 18.5. The van der Waals surface area contributed by atoms with Gasteiger partial charge in [0.15, 0.2) is 12.1 Å². The molecule has 0 aromatic heterocycles. The van der Waals surface area contributed by atoms with Gasteiger partial charge >= 0.3 is 0 Å². The molecule has 1 spiro atoms. The van der Waals surface area contributed by atoms with E-state index in [9.17, 15) is 10.1 Å². The number of piperazine rings is 1. The third-order valence-corrected chi connectivity index (χ3v) is 13.9. The number of carbonyl (C=O) groups excluding carboxylic acids is 2. The number of ketones is 1. The highest BCUT2D eigenvalue weighted by Gasteiger charge is 2.59.